The Balaban J connectivity index is 2.23. The summed E-state index contributed by atoms with van der Waals surface area (Å²) in [5.74, 6) is 0.988. The minimum atomic E-state index is -0.169. The molecule has 2 aromatic rings. The normalized spacial score (nSPS) is 12.6. The number of pyridine rings is 1. The second-order valence-corrected chi connectivity index (χ2v) is 4.66. The zero-order valence-electron chi connectivity index (χ0n) is 9.43. The number of hydrogen-bond acceptors (Lipinski definition) is 5. The minimum Gasteiger partial charge on any atom is -0.334 e. The molecule has 0 aromatic carbocycles. The van der Waals surface area contributed by atoms with E-state index in [-0.39, 0.29) is 6.04 Å². The van der Waals surface area contributed by atoms with Gasteiger partial charge in [-0.1, -0.05) is 18.5 Å². The third-order valence-electron chi connectivity index (χ3n) is 2.32. The van der Waals surface area contributed by atoms with Crippen molar-refractivity contribution in [2.24, 2.45) is 5.73 Å². The van der Waals surface area contributed by atoms with Crippen molar-refractivity contribution in [3.05, 3.63) is 28.8 Å². The molecule has 0 saturated heterocycles. The average Bonchev–Trinajstić information content (AvgIpc) is 2.78. The maximum atomic E-state index is 5.92. The van der Waals surface area contributed by atoms with Crippen LogP contribution in [0.15, 0.2) is 27.5 Å². The summed E-state index contributed by atoms with van der Waals surface area (Å²) in [6.45, 7) is 2.07. The summed E-state index contributed by atoms with van der Waals surface area (Å²) in [4.78, 5) is 8.32. The predicted molar refractivity (Wildman–Crippen MR) is 67.1 cm³/mol. The van der Waals surface area contributed by atoms with Crippen molar-refractivity contribution in [3.8, 4) is 11.5 Å². The van der Waals surface area contributed by atoms with E-state index in [1.54, 1.807) is 12.4 Å². The van der Waals surface area contributed by atoms with Crippen LogP contribution >= 0.6 is 15.9 Å². The zero-order valence-corrected chi connectivity index (χ0v) is 11.0. The van der Waals surface area contributed by atoms with Gasteiger partial charge >= 0.3 is 0 Å². The van der Waals surface area contributed by atoms with Gasteiger partial charge in [0, 0.05) is 16.9 Å². The molecule has 0 aliphatic carbocycles. The van der Waals surface area contributed by atoms with Crippen LogP contribution < -0.4 is 5.73 Å². The molecule has 0 amide bonds. The largest absolute Gasteiger partial charge is 0.334 e. The molecule has 0 radical (unpaired) electrons. The van der Waals surface area contributed by atoms with Crippen molar-refractivity contribution in [2.75, 3.05) is 0 Å². The lowest BCUT2D eigenvalue weighted by atomic mass is 10.2. The van der Waals surface area contributed by atoms with Crippen molar-refractivity contribution in [1.29, 1.82) is 0 Å². The topological polar surface area (TPSA) is 77.8 Å². The Bertz CT molecular complexity index is 500. The first-order valence-electron chi connectivity index (χ1n) is 5.40. The molecule has 0 aliphatic rings. The molecule has 2 aromatic heterocycles. The molecule has 2 N–H and O–H groups in total. The van der Waals surface area contributed by atoms with E-state index < -0.39 is 0 Å². The summed E-state index contributed by atoms with van der Waals surface area (Å²) in [5, 5.41) is 3.89. The molecule has 0 bridgehead atoms. The van der Waals surface area contributed by atoms with Gasteiger partial charge in [0.05, 0.1) is 11.6 Å². The van der Waals surface area contributed by atoms with E-state index in [2.05, 4.69) is 38.0 Å². The summed E-state index contributed by atoms with van der Waals surface area (Å²) >= 11 is 3.34. The quantitative estimate of drug-likeness (QED) is 0.938. The summed E-state index contributed by atoms with van der Waals surface area (Å²) in [6.07, 6.45) is 5.20. The third kappa shape index (κ3) is 2.89. The van der Waals surface area contributed by atoms with E-state index in [0.717, 1.165) is 22.9 Å². The van der Waals surface area contributed by atoms with Gasteiger partial charge in [-0.3, -0.25) is 4.98 Å². The van der Waals surface area contributed by atoms with Gasteiger partial charge in [-0.2, -0.15) is 4.98 Å². The monoisotopic (exact) mass is 296 g/mol. The molecule has 0 fully saturated rings. The number of aromatic nitrogens is 3. The molecule has 2 rings (SSSR count). The number of nitrogens with zero attached hydrogens (tertiary/aromatic N) is 3. The fraction of sp³-hybridized carbons (Fsp3) is 0.364. The summed E-state index contributed by atoms with van der Waals surface area (Å²) in [5.41, 5.74) is 6.70. The fourth-order valence-corrected chi connectivity index (χ4v) is 1.84. The molecule has 5 nitrogen and oxygen atoms in total. The van der Waals surface area contributed by atoms with Crippen LogP contribution in [0.2, 0.25) is 0 Å². The van der Waals surface area contributed by atoms with Crippen LogP contribution in [0.3, 0.4) is 0 Å². The van der Waals surface area contributed by atoms with Crippen LogP contribution in [-0.4, -0.2) is 15.1 Å². The van der Waals surface area contributed by atoms with Crippen molar-refractivity contribution >= 4 is 15.9 Å². The minimum absolute atomic E-state index is 0.169. The standard InChI is InChI=1S/C11H13BrN4O/c1-2-3-9(13)10-15-11(17-16-10)7-4-8(12)6-14-5-7/h4-6,9H,2-3,13H2,1H3. The lowest BCUT2D eigenvalue weighted by molar-refractivity contribution is 0.413. The summed E-state index contributed by atoms with van der Waals surface area (Å²) in [7, 11) is 0. The fourth-order valence-electron chi connectivity index (χ4n) is 1.47. The summed E-state index contributed by atoms with van der Waals surface area (Å²) in [6, 6.07) is 1.70. The van der Waals surface area contributed by atoms with E-state index in [4.69, 9.17) is 10.3 Å². The van der Waals surface area contributed by atoms with Gasteiger partial charge in [0.2, 0.25) is 0 Å². The highest BCUT2D eigenvalue weighted by Gasteiger charge is 2.14. The van der Waals surface area contributed by atoms with Crippen molar-refractivity contribution in [3.63, 3.8) is 0 Å². The number of halogens is 1. The molecule has 0 spiro atoms. The lowest BCUT2D eigenvalue weighted by Gasteiger charge is -2.02. The molecule has 0 saturated carbocycles. The Kier molecular flexibility index (Phi) is 3.86. The highest BCUT2D eigenvalue weighted by atomic mass is 79.9. The first kappa shape index (κ1) is 12.2. The van der Waals surface area contributed by atoms with E-state index in [1.807, 2.05) is 6.07 Å². The Labute approximate surface area is 108 Å². The molecule has 17 heavy (non-hydrogen) atoms. The van der Waals surface area contributed by atoms with E-state index >= 15 is 0 Å². The zero-order chi connectivity index (χ0) is 12.3. The van der Waals surface area contributed by atoms with Gasteiger partial charge in [0.1, 0.15) is 0 Å². The number of rotatable bonds is 4. The maximum Gasteiger partial charge on any atom is 0.259 e. The van der Waals surface area contributed by atoms with E-state index in [0.29, 0.717) is 11.7 Å². The van der Waals surface area contributed by atoms with Crippen molar-refractivity contribution in [1.82, 2.24) is 15.1 Å². The Hall–Kier alpha value is -1.27. The van der Waals surface area contributed by atoms with Crippen LogP contribution in [0.5, 0.6) is 0 Å². The highest BCUT2D eigenvalue weighted by Crippen LogP contribution is 2.22. The number of hydrogen-bond donors (Lipinski definition) is 1. The van der Waals surface area contributed by atoms with Crippen molar-refractivity contribution in [2.45, 2.75) is 25.8 Å². The highest BCUT2D eigenvalue weighted by molar-refractivity contribution is 9.10. The van der Waals surface area contributed by atoms with E-state index in [9.17, 15) is 0 Å². The first-order valence-corrected chi connectivity index (χ1v) is 6.20. The van der Waals surface area contributed by atoms with Crippen LogP contribution in [0.4, 0.5) is 0 Å². The SMILES string of the molecule is CCCC(N)c1noc(-c2cncc(Br)c2)n1. The molecule has 90 valence electrons. The lowest BCUT2D eigenvalue weighted by Crippen LogP contribution is -2.11. The van der Waals surface area contributed by atoms with Gasteiger partial charge < -0.3 is 10.3 Å². The van der Waals surface area contributed by atoms with Crippen LogP contribution in [0, 0.1) is 0 Å². The van der Waals surface area contributed by atoms with E-state index in [1.165, 1.54) is 0 Å². The molecular weight excluding hydrogens is 284 g/mol. The maximum absolute atomic E-state index is 5.92. The van der Waals surface area contributed by atoms with Gasteiger partial charge in [0.25, 0.3) is 5.89 Å². The van der Waals surface area contributed by atoms with Crippen LogP contribution in [0.1, 0.15) is 31.6 Å². The smallest absolute Gasteiger partial charge is 0.259 e. The Morgan fingerprint density at radius 1 is 1.47 bits per heavy atom. The van der Waals surface area contributed by atoms with Crippen molar-refractivity contribution < 1.29 is 4.52 Å². The molecule has 1 atom stereocenters. The average molecular weight is 297 g/mol. The van der Waals surface area contributed by atoms with Crippen LogP contribution in [-0.2, 0) is 0 Å². The third-order valence-corrected chi connectivity index (χ3v) is 2.76. The van der Waals surface area contributed by atoms with Gasteiger partial charge in [-0.15, -0.1) is 0 Å². The van der Waals surface area contributed by atoms with Gasteiger partial charge in [-0.25, -0.2) is 0 Å². The Morgan fingerprint density at radius 2 is 2.29 bits per heavy atom. The Morgan fingerprint density at radius 3 is 3.00 bits per heavy atom. The first-order chi connectivity index (χ1) is 8.20. The molecule has 0 aliphatic heterocycles. The van der Waals surface area contributed by atoms with Crippen LogP contribution in [0.25, 0.3) is 11.5 Å². The molecule has 6 heteroatoms. The molecule has 1 unspecified atom stereocenters. The predicted octanol–water partition coefficient (Wildman–Crippen LogP) is 2.69. The van der Waals surface area contributed by atoms with Gasteiger partial charge in [0.15, 0.2) is 5.82 Å². The molecule has 2 heterocycles. The second-order valence-electron chi connectivity index (χ2n) is 3.74. The number of nitrogens with two attached hydrogens (primary N) is 1. The van der Waals surface area contributed by atoms with Gasteiger partial charge in [-0.05, 0) is 28.4 Å². The summed E-state index contributed by atoms with van der Waals surface area (Å²) < 4.78 is 6.04. The second kappa shape index (κ2) is 5.37. The molecular formula is C11H13BrN4O.